The molecule has 64 valence electrons. The summed E-state index contributed by atoms with van der Waals surface area (Å²) in [6, 6.07) is 0.859. The number of hydrogen-bond donors (Lipinski definition) is 1. The fourth-order valence-electron chi connectivity index (χ4n) is 2.45. The Bertz CT molecular complexity index is 138. The summed E-state index contributed by atoms with van der Waals surface area (Å²) in [6.07, 6.45) is 7.01. The first-order valence-corrected chi connectivity index (χ1v) is 5.65. The van der Waals surface area contributed by atoms with Crippen LogP contribution in [0.4, 0.5) is 0 Å². The van der Waals surface area contributed by atoms with Gasteiger partial charge in [0.25, 0.3) is 0 Å². The molecule has 0 bridgehead atoms. The van der Waals surface area contributed by atoms with E-state index in [4.69, 9.17) is 0 Å². The molecule has 1 saturated heterocycles. The Labute approximate surface area is 77.1 Å². The highest BCUT2D eigenvalue weighted by Gasteiger charge is 2.30. The summed E-state index contributed by atoms with van der Waals surface area (Å²) >= 11 is 3.75. The first-order valence-electron chi connectivity index (χ1n) is 4.74. The maximum atomic E-state index is 3.75. The van der Waals surface area contributed by atoms with Gasteiger partial charge in [0.1, 0.15) is 0 Å². The number of rotatable bonds is 0. The van der Waals surface area contributed by atoms with Crippen LogP contribution >= 0.6 is 15.9 Å². The van der Waals surface area contributed by atoms with Crippen LogP contribution < -0.4 is 5.32 Å². The van der Waals surface area contributed by atoms with Crippen molar-refractivity contribution in [1.29, 1.82) is 0 Å². The Kier molecular flexibility index (Phi) is 2.52. The first-order chi connectivity index (χ1) is 5.36. The van der Waals surface area contributed by atoms with Crippen LogP contribution in [0.2, 0.25) is 0 Å². The Morgan fingerprint density at radius 3 is 3.00 bits per heavy atom. The molecular formula is C9H16BrN. The fourth-order valence-corrected chi connectivity index (χ4v) is 3.25. The second-order valence-electron chi connectivity index (χ2n) is 3.87. The predicted octanol–water partition coefficient (Wildman–Crippen LogP) is 2.30. The van der Waals surface area contributed by atoms with Crippen molar-refractivity contribution in [2.45, 2.75) is 43.0 Å². The molecule has 1 nitrogen and oxygen atoms in total. The second-order valence-corrected chi connectivity index (χ2v) is 5.17. The quantitative estimate of drug-likeness (QED) is 0.615. The zero-order valence-corrected chi connectivity index (χ0v) is 8.44. The van der Waals surface area contributed by atoms with Crippen molar-refractivity contribution >= 4 is 15.9 Å². The van der Waals surface area contributed by atoms with Crippen LogP contribution in [-0.2, 0) is 0 Å². The van der Waals surface area contributed by atoms with Gasteiger partial charge in [-0.15, -0.1) is 0 Å². The highest BCUT2D eigenvalue weighted by atomic mass is 79.9. The van der Waals surface area contributed by atoms with Gasteiger partial charge in [0.05, 0.1) is 0 Å². The van der Waals surface area contributed by atoms with Gasteiger partial charge in [-0.25, -0.2) is 0 Å². The topological polar surface area (TPSA) is 12.0 Å². The van der Waals surface area contributed by atoms with Gasteiger partial charge < -0.3 is 5.32 Å². The van der Waals surface area contributed by atoms with E-state index < -0.39 is 0 Å². The van der Waals surface area contributed by atoms with Gasteiger partial charge in [0.2, 0.25) is 0 Å². The molecule has 3 unspecified atom stereocenters. The molecule has 0 aromatic rings. The lowest BCUT2D eigenvalue weighted by molar-refractivity contribution is 0.428. The number of nitrogens with one attached hydrogen (secondary N) is 1. The van der Waals surface area contributed by atoms with Crippen LogP contribution in [0.15, 0.2) is 0 Å². The minimum absolute atomic E-state index is 0.803. The van der Waals surface area contributed by atoms with E-state index in [0.717, 1.165) is 16.8 Å². The predicted molar refractivity (Wildman–Crippen MR) is 51.1 cm³/mol. The molecule has 0 radical (unpaired) electrons. The standard InChI is InChI=1S/C9H16BrN/c10-8-2-1-3-9-7(6-8)4-5-11-9/h7-9,11H,1-6H2. The van der Waals surface area contributed by atoms with Gasteiger partial charge in [-0.1, -0.05) is 22.4 Å². The summed E-state index contributed by atoms with van der Waals surface area (Å²) in [5.41, 5.74) is 0. The zero-order valence-electron chi connectivity index (χ0n) is 6.85. The highest BCUT2D eigenvalue weighted by Crippen LogP contribution is 2.32. The second kappa shape index (κ2) is 3.44. The molecule has 1 aliphatic carbocycles. The van der Waals surface area contributed by atoms with Crippen molar-refractivity contribution in [1.82, 2.24) is 5.32 Å². The lowest BCUT2D eigenvalue weighted by Crippen LogP contribution is -2.25. The average molecular weight is 218 g/mol. The molecule has 0 aromatic carbocycles. The third-order valence-corrected chi connectivity index (χ3v) is 3.91. The molecule has 2 heteroatoms. The molecule has 0 aromatic heterocycles. The van der Waals surface area contributed by atoms with E-state index in [0.29, 0.717) is 0 Å². The third kappa shape index (κ3) is 1.78. The van der Waals surface area contributed by atoms with E-state index in [9.17, 15) is 0 Å². The molecule has 2 rings (SSSR count). The van der Waals surface area contributed by atoms with Gasteiger partial charge in [0.15, 0.2) is 0 Å². The van der Waals surface area contributed by atoms with Gasteiger partial charge in [0, 0.05) is 10.9 Å². The van der Waals surface area contributed by atoms with Crippen LogP contribution in [0.1, 0.15) is 32.1 Å². The molecule has 11 heavy (non-hydrogen) atoms. The molecule has 1 N–H and O–H groups in total. The van der Waals surface area contributed by atoms with E-state index in [-0.39, 0.29) is 0 Å². The molecule has 2 aliphatic rings. The molecule has 1 saturated carbocycles. The number of hydrogen-bond acceptors (Lipinski definition) is 1. The largest absolute Gasteiger partial charge is 0.314 e. The number of fused-ring (bicyclic) bond motifs is 1. The monoisotopic (exact) mass is 217 g/mol. The molecule has 0 spiro atoms. The maximum absolute atomic E-state index is 3.75. The van der Waals surface area contributed by atoms with Crippen LogP contribution in [0.5, 0.6) is 0 Å². The summed E-state index contributed by atoms with van der Waals surface area (Å²) < 4.78 is 0. The normalized spacial score (nSPS) is 45.0. The Hall–Kier alpha value is 0.440. The molecule has 1 aliphatic heterocycles. The number of alkyl halides is 1. The summed E-state index contributed by atoms with van der Waals surface area (Å²) in [5.74, 6) is 0.974. The molecule has 0 amide bonds. The lowest BCUT2D eigenvalue weighted by Gasteiger charge is -2.15. The number of halogens is 1. The van der Waals surface area contributed by atoms with Gasteiger partial charge in [-0.3, -0.25) is 0 Å². The Balaban J connectivity index is 1.98. The van der Waals surface area contributed by atoms with Crippen LogP contribution in [0.25, 0.3) is 0 Å². The molecule has 1 heterocycles. The average Bonchev–Trinajstić information content (AvgIpc) is 2.31. The van der Waals surface area contributed by atoms with Crippen molar-refractivity contribution in [2.75, 3.05) is 6.54 Å². The van der Waals surface area contributed by atoms with Crippen molar-refractivity contribution in [3.63, 3.8) is 0 Å². The summed E-state index contributed by atoms with van der Waals surface area (Å²) in [4.78, 5) is 0.803. The summed E-state index contributed by atoms with van der Waals surface area (Å²) in [5, 5.41) is 3.60. The third-order valence-electron chi connectivity index (χ3n) is 3.08. The van der Waals surface area contributed by atoms with Gasteiger partial charge in [-0.2, -0.15) is 0 Å². The van der Waals surface area contributed by atoms with E-state index in [1.807, 2.05) is 0 Å². The van der Waals surface area contributed by atoms with Crippen molar-refractivity contribution < 1.29 is 0 Å². The van der Waals surface area contributed by atoms with Crippen LogP contribution in [0.3, 0.4) is 0 Å². The zero-order chi connectivity index (χ0) is 7.68. The van der Waals surface area contributed by atoms with Crippen LogP contribution in [-0.4, -0.2) is 17.4 Å². The minimum Gasteiger partial charge on any atom is -0.314 e. The first kappa shape index (κ1) is 8.06. The van der Waals surface area contributed by atoms with E-state index in [1.165, 1.54) is 38.6 Å². The maximum Gasteiger partial charge on any atom is 0.0149 e. The van der Waals surface area contributed by atoms with Crippen molar-refractivity contribution in [3.05, 3.63) is 0 Å². The van der Waals surface area contributed by atoms with Crippen molar-refractivity contribution in [3.8, 4) is 0 Å². The SMILES string of the molecule is BrC1CCCC2NCCC2C1. The van der Waals surface area contributed by atoms with E-state index in [1.54, 1.807) is 0 Å². The molecule has 3 atom stereocenters. The fraction of sp³-hybridized carbons (Fsp3) is 1.00. The lowest BCUT2D eigenvalue weighted by atomic mass is 9.96. The Morgan fingerprint density at radius 1 is 1.18 bits per heavy atom. The summed E-state index contributed by atoms with van der Waals surface area (Å²) in [6.45, 7) is 1.26. The summed E-state index contributed by atoms with van der Waals surface area (Å²) in [7, 11) is 0. The van der Waals surface area contributed by atoms with Gasteiger partial charge in [-0.05, 0) is 38.1 Å². The highest BCUT2D eigenvalue weighted by molar-refractivity contribution is 9.09. The van der Waals surface area contributed by atoms with Crippen molar-refractivity contribution in [2.24, 2.45) is 5.92 Å². The van der Waals surface area contributed by atoms with E-state index >= 15 is 0 Å². The smallest absolute Gasteiger partial charge is 0.0149 e. The Morgan fingerprint density at radius 2 is 2.09 bits per heavy atom. The molecular weight excluding hydrogens is 202 g/mol. The molecule has 2 fully saturated rings. The van der Waals surface area contributed by atoms with E-state index in [2.05, 4.69) is 21.2 Å². The minimum atomic E-state index is 0.803. The van der Waals surface area contributed by atoms with Crippen LogP contribution in [0, 0.1) is 5.92 Å². The van der Waals surface area contributed by atoms with Gasteiger partial charge >= 0.3 is 0 Å².